The summed E-state index contributed by atoms with van der Waals surface area (Å²) in [6.07, 6.45) is 3.93. The Hall–Kier alpha value is -2.15. The highest BCUT2D eigenvalue weighted by molar-refractivity contribution is 5.80. The summed E-state index contributed by atoms with van der Waals surface area (Å²) in [4.78, 5) is 37.7. The number of piperidine rings is 2. The van der Waals surface area contributed by atoms with Crippen molar-refractivity contribution in [1.82, 2.24) is 14.8 Å². The third kappa shape index (κ3) is 3.08. The average Bonchev–Trinajstić information content (AvgIpc) is 2.60. The van der Waals surface area contributed by atoms with Crippen molar-refractivity contribution in [3.05, 3.63) is 34.7 Å². The molecule has 2 fully saturated rings. The Bertz CT molecular complexity index is 686. The molecule has 0 unspecified atom stereocenters. The van der Waals surface area contributed by atoms with Gasteiger partial charge in [-0.05, 0) is 31.9 Å². The second-order valence-corrected chi connectivity index (χ2v) is 6.66. The highest BCUT2D eigenvalue weighted by atomic mass is 16.4. The van der Waals surface area contributed by atoms with Gasteiger partial charge in [0.05, 0.1) is 0 Å². The molecule has 2 atom stereocenters. The first-order valence-electron chi connectivity index (χ1n) is 8.43. The van der Waals surface area contributed by atoms with E-state index < -0.39 is 11.4 Å². The van der Waals surface area contributed by atoms with E-state index in [1.54, 1.807) is 23.2 Å². The minimum atomic E-state index is -0.879. The van der Waals surface area contributed by atoms with Gasteiger partial charge in [0, 0.05) is 44.4 Å². The Morgan fingerprint density at radius 1 is 1.38 bits per heavy atom. The number of carbonyl (C=O) groups excluding carboxylic acids is 1. The molecule has 0 saturated carbocycles. The van der Waals surface area contributed by atoms with Gasteiger partial charge in [-0.3, -0.25) is 14.4 Å². The van der Waals surface area contributed by atoms with E-state index in [4.69, 9.17) is 0 Å². The van der Waals surface area contributed by atoms with Crippen LogP contribution in [0.1, 0.15) is 25.7 Å². The van der Waals surface area contributed by atoms with Gasteiger partial charge in [-0.15, -0.1) is 0 Å². The van der Waals surface area contributed by atoms with E-state index in [1.165, 1.54) is 10.6 Å². The summed E-state index contributed by atoms with van der Waals surface area (Å²) in [5, 5.41) is 13.0. The highest BCUT2D eigenvalue weighted by Crippen LogP contribution is 2.38. The van der Waals surface area contributed by atoms with E-state index in [2.05, 4.69) is 5.32 Å². The molecule has 7 heteroatoms. The number of hydrogen-bond donors (Lipinski definition) is 2. The van der Waals surface area contributed by atoms with Gasteiger partial charge in [-0.2, -0.15) is 0 Å². The van der Waals surface area contributed by atoms with Crippen molar-refractivity contribution in [2.24, 2.45) is 5.41 Å². The number of aryl methyl sites for hydroxylation is 1. The lowest BCUT2D eigenvalue weighted by molar-refractivity contribution is -0.159. The molecule has 24 heavy (non-hydrogen) atoms. The lowest BCUT2D eigenvalue weighted by Gasteiger charge is -2.48. The van der Waals surface area contributed by atoms with Crippen LogP contribution in [0.2, 0.25) is 0 Å². The fourth-order valence-electron chi connectivity index (χ4n) is 3.88. The maximum absolute atomic E-state index is 12.5. The summed E-state index contributed by atoms with van der Waals surface area (Å²) in [5.41, 5.74) is -1.02. The predicted molar refractivity (Wildman–Crippen MR) is 87.6 cm³/mol. The molecule has 0 radical (unpaired) electrons. The monoisotopic (exact) mass is 333 g/mol. The number of carboxylic acids is 1. The summed E-state index contributed by atoms with van der Waals surface area (Å²) in [6.45, 7) is 1.97. The second-order valence-electron chi connectivity index (χ2n) is 6.66. The molecule has 1 aromatic rings. The number of aromatic nitrogens is 1. The van der Waals surface area contributed by atoms with Crippen LogP contribution in [0.3, 0.4) is 0 Å². The molecule has 2 aliphatic heterocycles. The molecule has 7 nitrogen and oxygen atoms in total. The van der Waals surface area contributed by atoms with Gasteiger partial charge in [-0.1, -0.05) is 6.07 Å². The summed E-state index contributed by atoms with van der Waals surface area (Å²) >= 11 is 0. The molecule has 130 valence electrons. The van der Waals surface area contributed by atoms with Crippen molar-refractivity contribution in [2.45, 2.75) is 38.3 Å². The minimum absolute atomic E-state index is 0.0652. The van der Waals surface area contributed by atoms with E-state index in [1.807, 2.05) is 0 Å². The van der Waals surface area contributed by atoms with Gasteiger partial charge in [0.15, 0.2) is 0 Å². The van der Waals surface area contributed by atoms with E-state index in [0.717, 1.165) is 13.0 Å². The van der Waals surface area contributed by atoms with Crippen molar-refractivity contribution >= 4 is 11.9 Å². The molecule has 0 aliphatic carbocycles. The standard InChI is InChI=1S/C17H23N3O4/c21-14-4-1-2-9-19(14)11-6-15(22)20-10-5-13-17(12-20,16(23)24)7-3-8-18-13/h1-2,4,9,13,18H,3,5-8,10-12H2,(H,23,24)/t13-,17+/m1/s1. The van der Waals surface area contributed by atoms with Crippen molar-refractivity contribution in [3.63, 3.8) is 0 Å². The number of carbonyl (C=O) groups is 2. The normalized spacial score (nSPS) is 26.7. The number of carboxylic acid groups (broad SMARTS) is 1. The van der Waals surface area contributed by atoms with Gasteiger partial charge >= 0.3 is 5.97 Å². The number of aliphatic carboxylic acids is 1. The molecular formula is C17H23N3O4. The molecule has 0 bridgehead atoms. The zero-order valence-corrected chi connectivity index (χ0v) is 13.6. The molecule has 2 saturated heterocycles. The SMILES string of the molecule is O=C(CCn1ccccc1=O)N1CC[C@H]2NCCC[C@]2(C(=O)O)C1. The molecular weight excluding hydrogens is 310 g/mol. The van der Waals surface area contributed by atoms with Crippen LogP contribution in [0.25, 0.3) is 0 Å². The van der Waals surface area contributed by atoms with Crippen molar-refractivity contribution in [1.29, 1.82) is 0 Å². The summed E-state index contributed by atoms with van der Waals surface area (Å²) in [5.74, 6) is -0.910. The molecule has 3 rings (SSSR count). The molecule has 0 spiro atoms. The Morgan fingerprint density at radius 3 is 2.96 bits per heavy atom. The Kier molecular flexibility index (Phi) is 4.71. The van der Waals surface area contributed by atoms with Crippen molar-refractivity contribution in [3.8, 4) is 0 Å². The smallest absolute Gasteiger partial charge is 0.313 e. The Morgan fingerprint density at radius 2 is 2.21 bits per heavy atom. The van der Waals surface area contributed by atoms with Crippen molar-refractivity contribution < 1.29 is 14.7 Å². The van der Waals surface area contributed by atoms with Crippen LogP contribution in [0, 0.1) is 5.41 Å². The Balaban J connectivity index is 1.66. The summed E-state index contributed by atoms with van der Waals surface area (Å²) in [7, 11) is 0. The molecule has 3 heterocycles. The number of rotatable bonds is 4. The number of nitrogens with one attached hydrogen (secondary N) is 1. The topological polar surface area (TPSA) is 91.6 Å². The molecule has 1 aromatic heterocycles. The van der Waals surface area contributed by atoms with E-state index in [-0.39, 0.29) is 30.5 Å². The summed E-state index contributed by atoms with van der Waals surface area (Å²) in [6, 6.07) is 4.82. The predicted octanol–water partition coefficient (Wildman–Crippen LogP) is 0.294. The van der Waals surface area contributed by atoms with Crippen LogP contribution < -0.4 is 10.9 Å². The number of nitrogens with zero attached hydrogens (tertiary/aromatic N) is 2. The number of pyridine rings is 1. The van der Waals surface area contributed by atoms with E-state index >= 15 is 0 Å². The van der Waals surface area contributed by atoms with Gasteiger partial charge in [0.1, 0.15) is 5.41 Å². The average molecular weight is 333 g/mol. The van der Waals surface area contributed by atoms with Gasteiger partial charge < -0.3 is 19.9 Å². The Labute approximate surface area is 140 Å². The largest absolute Gasteiger partial charge is 0.481 e. The van der Waals surface area contributed by atoms with Crippen LogP contribution in [0.15, 0.2) is 29.2 Å². The van der Waals surface area contributed by atoms with E-state index in [0.29, 0.717) is 25.9 Å². The lowest BCUT2D eigenvalue weighted by Crippen LogP contribution is -2.63. The van der Waals surface area contributed by atoms with Crippen molar-refractivity contribution in [2.75, 3.05) is 19.6 Å². The maximum Gasteiger partial charge on any atom is 0.313 e. The maximum atomic E-state index is 12.5. The fraction of sp³-hybridized carbons (Fsp3) is 0.588. The van der Waals surface area contributed by atoms with E-state index in [9.17, 15) is 19.5 Å². The third-order valence-electron chi connectivity index (χ3n) is 5.26. The minimum Gasteiger partial charge on any atom is -0.481 e. The fourth-order valence-corrected chi connectivity index (χ4v) is 3.88. The quantitative estimate of drug-likeness (QED) is 0.826. The zero-order valence-electron chi connectivity index (χ0n) is 13.6. The zero-order chi connectivity index (χ0) is 17.2. The third-order valence-corrected chi connectivity index (χ3v) is 5.26. The molecule has 1 amide bonds. The molecule has 2 N–H and O–H groups in total. The lowest BCUT2D eigenvalue weighted by atomic mass is 9.70. The van der Waals surface area contributed by atoms with Gasteiger partial charge in [-0.25, -0.2) is 0 Å². The molecule has 2 aliphatic rings. The first-order chi connectivity index (χ1) is 11.5. The number of likely N-dealkylation sites (tertiary alicyclic amines) is 1. The second kappa shape index (κ2) is 6.76. The van der Waals surface area contributed by atoms with Gasteiger partial charge in [0.25, 0.3) is 5.56 Å². The first kappa shape index (κ1) is 16.7. The van der Waals surface area contributed by atoms with Crippen LogP contribution in [-0.4, -0.2) is 52.1 Å². The number of amides is 1. The van der Waals surface area contributed by atoms with Crippen LogP contribution in [-0.2, 0) is 16.1 Å². The van der Waals surface area contributed by atoms with Gasteiger partial charge in [0.2, 0.25) is 5.91 Å². The first-order valence-corrected chi connectivity index (χ1v) is 8.43. The molecule has 0 aromatic carbocycles. The highest BCUT2D eigenvalue weighted by Gasteiger charge is 2.51. The van der Waals surface area contributed by atoms with Crippen LogP contribution in [0.4, 0.5) is 0 Å². The number of hydrogen-bond acceptors (Lipinski definition) is 4. The summed E-state index contributed by atoms with van der Waals surface area (Å²) < 4.78 is 1.50. The number of fused-ring (bicyclic) bond motifs is 1. The van der Waals surface area contributed by atoms with Crippen LogP contribution in [0.5, 0.6) is 0 Å². The van der Waals surface area contributed by atoms with Crippen LogP contribution >= 0.6 is 0 Å².